The van der Waals surface area contributed by atoms with E-state index in [-0.39, 0.29) is 5.91 Å². The number of benzene rings is 1. The molecule has 0 atom stereocenters. The topological polar surface area (TPSA) is 77.8 Å². The number of hydrogen-bond donors (Lipinski definition) is 2. The highest BCUT2D eigenvalue weighted by atomic mass is 35.5. The van der Waals surface area contributed by atoms with Crippen molar-refractivity contribution in [3.05, 3.63) is 58.9 Å². The van der Waals surface area contributed by atoms with Crippen molar-refractivity contribution >= 4 is 34.6 Å². The molecule has 102 valence electrons. The number of carbonyl (C=O) groups is 1. The Kier molecular flexibility index (Phi) is 3.30. The minimum absolute atomic E-state index is 0.247. The highest BCUT2D eigenvalue weighted by Gasteiger charge is 2.25. The molecule has 2 N–H and O–H groups in total. The Morgan fingerprint density at radius 3 is 3.00 bits per heavy atom. The molecule has 3 rings (SSSR count). The lowest BCUT2D eigenvalue weighted by Gasteiger charge is -2.02. The number of carbonyl (C=O) groups excluding carboxylic acids is 1. The van der Waals surface area contributed by atoms with Crippen molar-refractivity contribution in [1.82, 2.24) is 4.98 Å². The quantitative estimate of drug-likeness (QED) is 0.659. The van der Waals surface area contributed by atoms with Crippen LogP contribution in [0.1, 0.15) is 11.1 Å². The molecule has 21 heavy (non-hydrogen) atoms. The summed E-state index contributed by atoms with van der Waals surface area (Å²) in [4.78, 5) is 16.0. The summed E-state index contributed by atoms with van der Waals surface area (Å²) in [5.41, 5.74) is 2.43. The third kappa shape index (κ3) is 2.57. The van der Waals surface area contributed by atoms with E-state index < -0.39 is 0 Å². The number of fused-ring (bicyclic) bond motifs is 1. The summed E-state index contributed by atoms with van der Waals surface area (Å²) >= 11 is 5.80. The predicted molar refractivity (Wildman–Crippen MR) is 80.6 cm³/mol. The number of nitriles is 1. The Labute approximate surface area is 125 Å². The van der Waals surface area contributed by atoms with E-state index in [1.165, 1.54) is 0 Å². The van der Waals surface area contributed by atoms with Gasteiger partial charge in [0.15, 0.2) is 0 Å². The van der Waals surface area contributed by atoms with Gasteiger partial charge in [-0.15, -0.1) is 0 Å². The second kappa shape index (κ2) is 5.27. The van der Waals surface area contributed by atoms with Crippen LogP contribution in [0, 0.1) is 11.3 Å². The number of aromatic nitrogens is 1. The lowest BCUT2D eigenvalue weighted by molar-refractivity contribution is -0.110. The van der Waals surface area contributed by atoms with E-state index in [0.717, 1.165) is 5.69 Å². The Bertz CT molecular complexity index is 808. The van der Waals surface area contributed by atoms with Crippen LogP contribution in [0.4, 0.5) is 11.5 Å². The first-order valence-electron chi connectivity index (χ1n) is 6.12. The predicted octanol–water partition coefficient (Wildman–Crippen LogP) is 3.01. The average molecular weight is 297 g/mol. The maximum atomic E-state index is 11.9. The number of amides is 1. The van der Waals surface area contributed by atoms with Crippen LogP contribution in [0.3, 0.4) is 0 Å². The van der Waals surface area contributed by atoms with Crippen molar-refractivity contribution in [2.75, 3.05) is 10.6 Å². The molecule has 1 aliphatic rings. The molecule has 0 saturated heterocycles. The van der Waals surface area contributed by atoms with Gasteiger partial charge in [-0.1, -0.05) is 17.7 Å². The standard InChI is InChI=1S/C15H9ClN4O/c16-13-5-4-11-12(15(21)20-14(11)19-13)8-18-10-3-1-2-9(6-10)7-17/h1-6,8,18H,(H,19,20,21)/b12-8-. The van der Waals surface area contributed by atoms with Gasteiger partial charge in [-0.05, 0) is 30.3 Å². The van der Waals surface area contributed by atoms with Gasteiger partial charge in [0.05, 0.1) is 17.2 Å². The molecule has 2 heterocycles. The summed E-state index contributed by atoms with van der Waals surface area (Å²) in [6.07, 6.45) is 1.59. The van der Waals surface area contributed by atoms with Crippen LogP contribution in [0.5, 0.6) is 0 Å². The Morgan fingerprint density at radius 1 is 1.33 bits per heavy atom. The molecule has 0 unspecified atom stereocenters. The Morgan fingerprint density at radius 2 is 2.19 bits per heavy atom. The number of hydrogen-bond acceptors (Lipinski definition) is 4. The molecule has 0 aliphatic carbocycles. The van der Waals surface area contributed by atoms with Crippen molar-refractivity contribution in [3.63, 3.8) is 0 Å². The van der Waals surface area contributed by atoms with Gasteiger partial charge >= 0.3 is 0 Å². The molecule has 0 fully saturated rings. The number of rotatable bonds is 2. The molecule has 0 radical (unpaired) electrons. The molecule has 0 bridgehead atoms. The van der Waals surface area contributed by atoms with E-state index in [9.17, 15) is 4.79 Å². The summed E-state index contributed by atoms with van der Waals surface area (Å²) in [6.45, 7) is 0. The fourth-order valence-electron chi connectivity index (χ4n) is 2.02. The monoisotopic (exact) mass is 296 g/mol. The van der Waals surface area contributed by atoms with Crippen molar-refractivity contribution in [1.29, 1.82) is 5.26 Å². The first kappa shape index (κ1) is 13.2. The summed E-state index contributed by atoms with van der Waals surface area (Å²) < 4.78 is 0. The lowest BCUT2D eigenvalue weighted by atomic mass is 10.1. The van der Waals surface area contributed by atoms with E-state index in [4.69, 9.17) is 16.9 Å². The average Bonchev–Trinajstić information content (AvgIpc) is 2.80. The van der Waals surface area contributed by atoms with Gasteiger partial charge in [0.2, 0.25) is 0 Å². The summed E-state index contributed by atoms with van der Waals surface area (Å²) in [6, 6.07) is 12.4. The molecular weight excluding hydrogens is 288 g/mol. The fourth-order valence-corrected chi connectivity index (χ4v) is 2.17. The normalized spacial score (nSPS) is 14.5. The SMILES string of the molecule is N#Cc1cccc(N/C=C2\C(=O)Nc3nc(Cl)ccc32)c1. The fraction of sp³-hybridized carbons (Fsp3) is 0. The molecular formula is C15H9ClN4O. The molecule has 6 heteroatoms. The number of halogens is 1. The van der Waals surface area contributed by atoms with Crippen molar-refractivity contribution in [2.24, 2.45) is 0 Å². The van der Waals surface area contributed by atoms with Crippen LogP contribution in [-0.2, 0) is 4.79 Å². The van der Waals surface area contributed by atoms with Crippen LogP contribution in [-0.4, -0.2) is 10.9 Å². The second-order valence-electron chi connectivity index (χ2n) is 4.38. The van der Waals surface area contributed by atoms with Gasteiger partial charge in [0.25, 0.3) is 5.91 Å². The highest BCUT2D eigenvalue weighted by Crippen LogP contribution is 2.31. The molecule has 1 aromatic heterocycles. The van der Waals surface area contributed by atoms with Crippen LogP contribution in [0.15, 0.2) is 42.6 Å². The van der Waals surface area contributed by atoms with Crippen molar-refractivity contribution in [3.8, 4) is 6.07 Å². The lowest BCUT2D eigenvalue weighted by Crippen LogP contribution is -2.05. The van der Waals surface area contributed by atoms with E-state index in [2.05, 4.69) is 21.7 Å². The zero-order valence-corrected chi connectivity index (χ0v) is 11.5. The Balaban J connectivity index is 1.91. The molecule has 1 aliphatic heterocycles. The zero-order chi connectivity index (χ0) is 14.8. The first-order chi connectivity index (χ1) is 10.2. The number of pyridine rings is 1. The van der Waals surface area contributed by atoms with Crippen LogP contribution < -0.4 is 10.6 Å². The molecule has 2 aromatic rings. The zero-order valence-electron chi connectivity index (χ0n) is 10.7. The molecule has 1 aromatic carbocycles. The third-order valence-corrected chi connectivity index (χ3v) is 3.21. The largest absolute Gasteiger partial charge is 0.361 e. The van der Waals surface area contributed by atoms with Crippen LogP contribution in [0.25, 0.3) is 5.57 Å². The van der Waals surface area contributed by atoms with E-state index in [0.29, 0.717) is 27.7 Å². The van der Waals surface area contributed by atoms with Gasteiger partial charge in [-0.2, -0.15) is 5.26 Å². The highest BCUT2D eigenvalue weighted by molar-refractivity contribution is 6.33. The summed E-state index contributed by atoms with van der Waals surface area (Å²) in [5, 5.41) is 14.9. The van der Waals surface area contributed by atoms with Gasteiger partial charge in [0.1, 0.15) is 11.0 Å². The second-order valence-corrected chi connectivity index (χ2v) is 4.77. The molecule has 5 nitrogen and oxygen atoms in total. The first-order valence-corrected chi connectivity index (χ1v) is 6.50. The van der Waals surface area contributed by atoms with Crippen molar-refractivity contribution in [2.45, 2.75) is 0 Å². The number of anilines is 2. The van der Waals surface area contributed by atoms with E-state index in [1.54, 1.807) is 36.5 Å². The van der Waals surface area contributed by atoms with E-state index >= 15 is 0 Å². The van der Waals surface area contributed by atoms with Gasteiger partial charge in [-0.25, -0.2) is 4.98 Å². The van der Waals surface area contributed by atoms with Crippen molar-refractivity contribution < 1.29 is 4.79 Å². The van der Waals surface area contributed by atoms with Crippen LogP contribution >= 0.6 is 11.6 Å². The summed E-state index contributed by atoms with van der Waals surface area (Å²) in [7, 11) is 0. The summed E-state index contributed by atoms with van der Waals surface area (Å²) in [5.74, 6) is 0.204. The maximum Gasteiger partial charge on any atom is 0.259 e. The van der Waals surface area contributed by atoms with Gasteiger partial charge in [0, 0.05) is 17.5 Å². The number of nitrogens with zero attached hydrogens (tertiary/aromatic N) is 2. The van der Waals surface area contributed by atoms with Gasteiger partial charge in [-0.3, -0.25) is 4.79 Å². The smallest absolute Gasteiger partial charge is 0.259 e. The minimum atomic E-state index is -0.247. The number of nitrogens with one attached hydrogen (secondary N) is 2. The van der Waals surface area contributed by atoms with E-state index in [1.807, 2.05) is 6.07 Å². The third-order valence-electron chi connectivity index (χ3n) is 3.00. The minimum Gasteiger partial charge on any atom is -0.361 e. The Hall–Kier alpha value is -2.84. The van der Waals surface area contributed by atoms with Gasteiger partial charge < -0.3 is 10.6 Å². The van der Waals surface area contributed by atoms with Crippen LogP contribution in [0.2, 0.25) is 5.15 Å². The molecule has 0 saturated carbocycles. The molecule has 0 spiro atoms. The maximum absolute atomic E-state index is 11.9. The molecule has 1 amide bonds.